The number of rotatable bonds is 3. The molecule has 0 fully saturated rings. The van der Waals surface area contributed by atoms with Crippen molar-refractivity contribution in [3.63, 3.8) is 0 Å². The molecule has 0 saturated heterocycles. The number of para-hydroxylation sites is 3. The Kier molecular flexibility index (Phi) is 4.55. The topological polar surface area (TPSA) is 104 Å². The van der Waals surface area contributed by atoms with E-state index in [4.69, 9.17) is 4.74 Å². The number of ether oxygens (including phenoxy) is 1. The summed E-state index contributed by atoms with van der Waals surface area (Å²) < 4.78 is 5.93. The van der Waals surface area contributed by atoms with Crippen LogP contribution in [0.4, 0.5) is 11.4 Å². The second-order valence-corrected chi connectivity index (χ2v) is 7.07. The summed E-state index contributed by atoms with van der Waals surface area (Å²) in [4.78, 5) is 38.4. The van der Waals surface area contributed by atoms with Crippen molar-refractivity contribution in [1.82, 2.24) is 20.2 Å². The number of anilines is 2. The normalized spacial score (nSPS) is 15.8. The van der Waals surface area contributed by atoms with Gasteiger partial charge in [-0.15, -0.1) is 0 Å². The lowest BCUT2D eigenvalue weighted by molar-refractivity contribution is -0.119. The van der Waals surface area contributed by atoms with Crippen molar-refractivity contribution >= 4 is 34.2 Å². The van der Waals surface area contributed by atoms with Crippen molar-refractivity contribution < 1.29 is 14.3 Å². The quantitative estimate of drug-likeness (QED) is 0.552. The number of hydrogen-bond donors (Lipinski definition) is 1. The van der Waals surface area contributed by atoms with Crippen LogP contribution in [0.25, 0.3) is 11.0 Å². The first-order chi connectivity index (χ1) is 15.1. The van der Waals surface area contributed by atoms with Crippen LogP contribution in [0.2, 0.25) is 0 Å². The molecule has 0 unspecified atom stereocenters. The second-order valence-electron chi connectivity index (χ2n) is 7.07. The summed E-state index contributed by atoms with van der Waals surface area (Å²) in [6.45, 7) is -0.00682. The molecule has 0 radical (unpaired) electrons. The van der Waals surface area contributed by atoms with Crippen molar-refractivity contribution in [3.8, 4) is 5.75 Å². The van der Waals surface area contributed by atoms with Crippen LogP contribution in [0.1, 0.15) is 10.6 Å². The molecule has 1 N–H and O–H groups in total. The molecule has 31 heavy (non-hydrogen) atoms. The molecular weight excluding hydrogens is 396 g/mol. The predicted octanol–water partition coefficient (Wildman–Crippen LogP) is 2.42. The first kappa shape index (κ1) is 18.7. The summed E-state index contributed by atoms with van der Waals surface area (Å²) in [6, 6.07) is 15.3. The Bertz CT molecular complexity index is 1270. The fraction of sp³-hybridized carbons (Fsp3) is 0.136. The van der Waals surface area contributed by atoms with Crippen LogP contribution in [-0.2, 0) is 4.79 Å². The van der Waals surface area contributed by atoms with Gasteiger partial charge in [0.05, 0.1) is 17.3 Å². The summed E-state index contributed by atoms with van der Waals surface area (Å²) in [5, 5.41) is 7.34. The number of H-pyrrole nitrogens is 1. The fourth-order valence-corrected chi connectivity index (χ4v) is 3.60. The van der Waals surface area contributed by atoms with Gasteiger partial charge in [-0.05, 0) is 24.3 Å². The van der Waals surface area contributed by atoms with Gasteiger partial charge in [-0.25, -0.2) is 9.97 Å². The van der Waals surface area contributed by atoms with Crippen LogP contribution in [-0.4, -0.2) is 51.7 Å². The monoisotopic (exact) mass is 414 g/mol. The van der Waals surface area contributed by atoms with E-state index in [1.807, 2.05) is 18.2 Å². The van der Waals surface area contributed by atoms with Crippen molar-refractivity contribution in [2.45, 2.75) is 6.04 Å². The Hall–Kier alpha value is -4.27. The molecule has 9 heteroatoms. The second kappa shape index (κ2) is 7.52. The summed E-state index contributed by atoms with van der Waals surface area (Å²) in [5.74, 6) is -0.247. The molecule has 1 aliphatic heterocycles. The van der Waals surface area contributed by atoms with Crippen molar-refractivity contribution in [3.05, 3.63) is 72.8 Å². The van der Waals surface area contributed by atoms with Gasteiger partial charge >= 0.3 is 0 Å². The summed E-state index contributed by atoms with van der Waals surface area (Å²) in [7, 11) is 1.67. The number of carbonyl (C=O) groups is 2. The molecule has 3 heterocycles. The fourth-order valence-electron chi connectivity index (χ4n) is 3.60. The van der Waals surface area contributed by atoms with Crippen molar-refractivity contribution in [2.75, 3.05) is 23.5 Å². The third-order valence-electron chi connectivity index (χ3n) is 5.19. The van der Waals surface area contributed by atoms with E-state index in [2.05, 4.69) is 20.2 Å². The van der Waals surface area contributed by atoms with Crippen LogP contribution in [0, 0.1) is 0 Å². The average Bonchev–Trinajstić information content (AvgIpc) is 3.25. The van der Waals surface area contributed by atoms with Gasteiger partial charge in [-0.3, -0.25) is 19.6 Å². The lowest BCUT2D eigenvalue weighted by Gasteiger charge is -2.30. The van der Waals surface area contributed by atoms with Gasteiger partial charge in [0.1, 0.15) is 12.4 Å². The molecule has 2 amide bonds. The molecule has 5 rings (SSSR count). The molecule has 0 bridgehead atoms. The smallest absolute Gasteiger partial charge is 0.297 e. The number of nitrogens with zero attached hydrogens (tertiary/aromatic N) is 5. The molecule has 9 nitrogen and oxygen atoms in total. The highest BCUT2D eigenvalue weighted by Gasteiger charge is 2.38. The molecular formula is C22H18N6O3. The number of aromatic nitrogens is 4. The number of fused-ring (bicyclic) bond motifs is 2. The standard InChI is InChI=1S/C22H18N6O3/c1-27-16-9-5-6-10-18(16)31-13-17(21(27)29)28(15-7-3-2-4-8-15)22(30)20-23-11-14-12-24-26-19(14)25-20/h2-12,17H,13H2,1H3,(H,23,24,25,26)/t17-/m0/s1. The lowest BCUT2D eigenvalue weighted by atomic mass is 10.1. The maximum absolute atomic E-state index is 13.6. The van der Waals surface area contributed by atoms with Crippen LogP contribution >= 0.6 is 0 Å². The van der Waals surface area contributed by atoms with Crippen molar-refractivity contribution in [2.24, 2.45) is 0 Å². The zero-order chi connectivity index (χ0) is 21.4. The third-order valence-corrected chi connectivity index (χ3v) is 5.19. The molecule has 4 aromatic rings. The van der Waals surface area contributed by atoms with E-state index in [9.17, 15) is 9.59 Å². The Morgan fingerprint density at radius 3 is 2.74 bits per heavy atom. The van der Waals surface area contributed by atoms with E-state index in [1.165, 1.54) is 16.0 Å². The third kappa shape index (κ3) is 3.25. The SMILES string of the molecule is CN1C(=O)[C@@H](N(C(=O)c2ncc3cn[nH]c3n2)c2ccccc2)COc2ccccc21. The molecule has 1 aliphatic rings. The highest BCUT2D eigenvalue weighted by atomic mass is 16.5. The number of likely N-dealkylation sites (N-methyl/N-ethyl adjacent to an activating group) is 1. The molecule has 2 aromatic heterocycles. The van der Waals surface area contributed by atoms with Crippen LogP contribution in [0.3, 0.4) is 0 Å². The van der Waals surface area contributed by atoms with E-state index in [0.29, 0.717) is 28.2 Å². The number of aromatic amines is 1. The van der Waals surface area contributed by atoms with E-state index >= 15 is 0 Å². The van der Waals surface area contributed by atoms with Gasteiger partial charge in [0, 0.05) is 18.9 Å². The Labute approximate surface area is 177 Å². The zero-order valence-electron chi connectivity index (χ0n) is 16.6. The van der Waals surface area contributed by atoms with E-state index in [0.717, 1.165) is 0 Å². The molecule has 2 aromatic carbocycles. The Balaban J connectivity index is 1.58. The molecule has 0 spiro atoms. The summed E-state index contributed by atoms with van der Waals surface area (Å²) in [5.41, 5.74) is 1.63. The minimum Gasteiger partial charge on any atom is -0.489 e. The minimum absolute atomic E-state index is 0.00682. The number of hydrogen-bond acceptors (Lipinski definition) is 6. The van der Waals surface area contributed by atoms with Crippen LogP contribution < -0.4 is 14.5 Å². The molecule has 0 aliphatic carbocycles. The molecule has 1 atom stereocenters. The van der Waals surface area contributed by atoms with Crippen molar-refractivity contribution in [1.29, 1.82) is 0 Å². The van der Waals surface area contributed by atoms with E-state index < -0.39 is 11.9 Å². The zero-order valence-corrected chi connectivity index (χ0v) is 16.6. The number of nitrogens with one attached hydrogen (secondary N) is 1. The number of carbonyl (C=O) groups excluding carboxylic acids is 2. The van der Waals surface area contributed by atoms with Gasteiger partial charge in [0.25, 0.3) is 11.8 Å². The van der Waals surface area contributed by atoms with Gasteiger partial charge < -0.3 is 9.64 Å². The van der Waals surface area contributed by atoms with Crippen LogP contribution in [0.15, 0.2) is 67.0 Å². The lowest BCUT2D eigenvalue weighted by Crippen LogP contribution is -2.52. The maximum atomic E-state index is 13.6. The number of amides is 2. The first-order valence-electron chi connectivity index (χ1n) is 9.67. The summed E-state index contributed by atoms with van der Waals surface area (Å²) >= 11 is 0. The van der Waals surface area contributed by atoms with Crippen LogP contribution in [0.5, 0.6) is 5.75 Å². The van der Waals surface area contributed by atoms with E-state index in [-0.39, 0.29) is 18.3 Å². The largest absolute Gasteiger partial charge is 0.489 e. The maximum Gasteiger partial charge on any atom is 0.297 e. The number of benzene rings is 2. The van der Waals surface area contributed by atoms with Gasteiger partial charge in [0.2, 0.25) is 5.82 Å². The predicted molar refractivity (Wildman–Crippen MR) is 114 cm³/mol. The van der Waals surface area contributed by atoms with E-state index in [1.54, 1.807) is 49.6 Å². The van der Waals surface area contributed by atoms with Gasteiger partial charge in [-0.2, -0.15) is 5.10 Å². The highest BCUT2D eigenvalue weighted by Crippen LogP contribution is 2.32. The van der Waals surface area contributed by atoms with Gasteiger partial charge in [-0.1, -0.05) is 30.3 Å². The first-order valence-corrected chi connectivity index (χ1v) is 9.67. The summed E-state index contributed by atoms with van der Waals surface area (Å²) in [6.07, 6.45) is 3.10. The Morgan fingerprint density at radius 2 is 1.90 bits per heavy atom. The van der Waals surface area contributed by atoms with Gasteiger partial charge in [0.15, 0.2) is 11.7 Å². The average molecular weight is 414 g/mol. The highest BCUT2D eigenvalue weighted by molar-refractivity contribution is 6.11. The minimum atomic E-state index is -0.909. The Morgan fingerprint density at radius 1 is 1.13 bits per heavy atom. The molecule has 0 saturated carbocycles. The molecule has 154 valence electrons.